The summed E-state index contributed by atoms with van der Waals surface area (Å²) in [6.07, 6.45) is 1.58. The lowest BCUT2D eigenvalue weighted by Crippen LogP contribution is -2.06. The van der Waals surface area contributed by atoms with Crippen LogP contribution in [-0.4, -0.2) is 15.9 Å². The lowest BCUT2D eigenvalue weighted by atomic mass is 10.4. The SMILES string of the molecule is CC.CC.Cc1ccnc(C#CC(N)=O)n1. The van der Waals surface area contributed by atoms with Gasteiger partial charge in [-0.2, -0.15) is 0 Å². The zero-order chi connectivity index (χ0) is 13.0. The number of primary amides is 1. The Morgan fingerprint density at radius 1 is 1.31 bits per heavy atom. The number of amides is 1. The van der Waals surface area contributed by atoms with Gasteiger partial charge in [-0.25, -0.2) is 9.97 Å². The lowest BCUT2D eigenvalue weighted by molar-refractivity contribution is -0.112. The molecule has 0 unspecified atom stereocenters. The van der Waals surface area contributed by atoms with Crippen LogP contribution in [0.25, 0.3) is 0 Å². The zero-order valence-electron chi connectivity index (χ0n) is 10.5. The first-order valence-corrected chi connectivity index (χ1v) is 5.29. The van der Waals surface area contributed by atoms with Crippen molar-refractivity contribution in [3.8, 4) is 11.8 Å². The number of nitrogens with zero attached hydrogens (tertiary/aromatic N) is 2. The smallest absolute Gasteiger partial charge is 0.293 e. The van der Waals surface area contributed by atoms with Crippen molar-refractivity contribution in [1.82, 2.24) is 9.97 Å². The average molecular weight is 221 g/mol. The summed E-state index contributed by atoms with van der Waals surface area (Å²) in [4.78, 5) is 18.0. The fourth-order valence-electron chi connectivity index (χ4n) is 0.627. The minimum Gasteiger partial charge on any atom is -0.359 e. The highest BCUT2D eigenvalue weighted by Gasteiger charge is 1.90. The van der Waals surface area contributed by atoms with Crippen molar-refractivity contribution in [2.45, 2.75) is 34.6 Å². The third-order valence-electron chi connectivity index (χ3n) is 1.09. The minimum atomic E-state index is -0.680. The Morgan fingerprint density at radius 3 is 2.31 bits per heavy atom. The summed E-state index contributed by atoms with van der Waals surface area (Å²) in [5.41, 5.74) is 5.61. The number of hydrogen-bond donors (Lipinski definition) is 1. The van der Waals surface area contributed by atoms with Crippen LogP contribution in [0.4, 0.5) is 0 Å². The van der Waals surface area contributed by atoms with Gasteiger partial charge in [-0.1, -0.05) is 27.7 Å². The molecular weight excluding hydrogens is 202 g/mol. The van der Waals surface area contributed by atoms with Gasteiger partial charge in [-0.05, 0) is 18.9 Å². The molecule has 0 saturated carbocycles. The molecule has 1 aromatic heterocycles. The molecule has 0 fully saturated rings. The van der Waals surface area contributed by atoms with E-state index in [2.05, 4.69) is 21.8 Å². The van der Waals surface area contributed by atoms with Crippen LogP contribution in [0.15, 0.2) is 12.3 Å². The van der Waals surface area contributed by atoms with Crippen molar-refractivity contribution < 1.29 is 4.79 Å². The monoisotopic (exact) mass is 221 g/mol. The van der Waals surface area contributed by atoms with Gasteiger partial charge < -0.3 is 5.73 Å². The molecule has 0 aliphatic rings. The van der Waals surface area contributed by atoms with Gasteiger partial charge >= 0.3 is 0 Å². The van der Waals surface area contributed by atoms with Gasteiger partial charge in [0.05, 0.1) is 0 Å². The molecule has 16 heavy (non-hydrogen) atoms. The Labute approximate surface area is 97.3 Å². The summed E-state index contributed by atoms with van der Waals surface area (Å²) < 4.78 is 0. The molecule has 4 heteroatoms. The fraction of sp³-hybridized carbons (Fsp3) is 0.417. The van der Waals surface area contributed by atoms with Crippen LogP contribution in [-0.2, 0) is 4.79 Å². The van der Waals surface area contributed by atoms with E-state index in [4.69, 9.17) is 5.73 Å². The van der Waals surface area contributed by atoms with Crippen LogP contribution in [0.2, 0.25) is 0 Å². The van der Waals surface area contributed by atoms with Crippen LogP contribution in [0, 0.1) is 18.8 Å². The highest BCUT2D eigenvalue weighted by Crippen LogP contribution is 1.90. The minimum absolute atomic E-state index is 0.314. The van der Waals surface area contributed by atoms with Gasteiger partial charge in [0.15, 0.2) is 0 Å². The second kappa shape index (κ2) is 11.2. The van der Waals surface area contributed by atoms with Gasteiger partial charge in [0.25, 0.3) is 5.91 Å². The van der Waals surface area contributed by atoms with E-state index in [0.29, 0.717) is 5.82 Å². The van der Waals surface area contributed by atoms with E-state index in [0.717, 1.165) is 5.69 Å². The number of aromatic nitrogens is 2. The first-order valence-electron chi connectivity index (χ1n) is 5.29. The highest BCUT2D eigenvalue weighted by atomic mass is 16.1. The second-order valence-electron chi connectivity index (χ2n) is 2.14. The van der Waals surface area contributed by atoms with Crippen LogP contribution < -0.4 is 5.73 Å². The van der Waals surface area contributed by atoms with Crippen molar-refractivity contribution in [1.29, 1.82) is 0 Å². The molecule has 1 amide bonds. The van der Waals surface area contributed by atoms with Crippen molar-refractivity contribution in [3.63, 3.8) is 0 Å². The van der Waals surface area contributed by atoms with Crippen LogP contribution in [0.5, 0.6) is 0 Å². The Balaban J connectivity index is 0. The van der Waals surface area contributed by atoms with E-state index in [9.17, 15) is 4.79 Å². The molecule has 0 saturated heterocycles. The first kappa shape index (κ1) is 16.5. The number of hydrogen-bond acceptors (Lipinski definition) is 3. The summed E-state index contributed by atoms with van der Waals surface area (Å²) in [6.45, 7) is 9.82. The van der Waals surface area contributed by atoms with Gasteiger partial charge in [0.1, 0.15) is 0 Å². The standard InChI is InChI=1S/C8H7N3O.2C2H6/c1-6-4-5-10-8(11-6)3-2-7(9)12;2*1-2/h4-5H,1H3,(H2,9,12);2*1-2H3. The van der Waals surface area contributed by atoms with Crippen molar-refractivity contribution >= 4 is 5.91 Å². The number of nitrogens with two attached hydrogens (primary N) is 1. The van der Waals surface area contributed by atoms with Crippen molar-refractivity contribution in [2.75, 3.05) is 0 Å². The number of aryl methyl sites for hydroxylation is 1. The Bertz CT molecular complexity index is 364. The third-order valence-corrected chi connectivity index (χ3v) is 1.09. The van der Waals surface area contributed by atoms with Gasteiger partial charge in [-0.15, -0.1) is 0 Å². The predicted octanol–water partition coefficient (Wildman–Crippen LogP) is 1.67. The number of rotatable bonds is 0. The van der Waals surface area contributed by atoms with Gasteiger partial charge in [0, 0.05) is 17.8 Å². The normalized spacial score (nSPS) is 7.06. The number of carbonyl (C=O) groups excluding carboxylic acids is 1. The van der Waals surface area contributed by atoms with E-state index < -0.39 is 5.91 Å². The largest absolute Gasteiger partial charge is 0.359 e. The maximum atomic E-state index is 10.3. The summed E-state index contributed by atoms with van der Waals surface area (Å²) in [5.74, 6) is 4.22. The molecule has 0 bridgehead atoms. The molecular formula is C12H19N3O. The molecule has 0 radical (unpaired) electrons. The lowest BCUT2D eigenvalue weighted by Gasteiger charge is -1.89. The zero-order valence-corrected chi connectivity index (χ0v) is 10.5. The van der Waals surface area contributed by atoms with Crippen molar-refractivity contribution in [2.24, 2.45) is 5.73 Å². The van der Waals surface area contributed by atoms with E-state index in [1.165, 1.54) is 0 Å². The molecule has 1 rings (SSSR count). The second-order valence-corrected chi connectivity index (χ2v) is 2.14. The fourth-order valence-corrected chi connectivity index (χ4v) is 0.627. The maximum absolute atomic E-state index is 10.3. The summed E-state index contributed by atoms with van der Waals surface area (Å²) in [6, 6.07) is 1.75. The maximum Gasteiger partial charge on any atom is 0.293 e. The molecule has 88 valence electrons. The summed E-state index contributed by atoms with van der Waals surface area (Å²) in [7, 11) is 0. The van der Waals surface area contributed by atoms with E-state index in [1.807, 2.05) is 34.6 Å². The molecule has 4 nitrogen and oxygen atoms in total. The van der Waals surface area contributed by atoms with Crippen LogP contribution in [0.3, 0.4) is 0 Å². The molecule has 0 aliphatic carbocycles. The summed E-state index contributed by atoms with van der Waals surface area (Å²) >= 11 is 0. The van der Waals surface area contributed by atoms with Crippen LogP contribution in [0.1, 0.15) is 39.2 Å². The summed E-state index contributed by atoms with van der Waals surface area (Å²) in [5, 5.41) is 0. The molecule has 1 aromatic rings. The highest BCUT2D eigenvalue weighted by molar-refractivity contribution is 5.92. The quantitative estimate of drug-likeness (QED) is 0.677. The Morgan fingerprint density at radius 2 is 1.88 bits per heavy atom. The average Bonchev–Trinajstić information content (AvgIpc) is 2.32. The molecule has 1 heterocycles. The van der Waals surface area contributed by atoms with Gasteiger partial charge in [0.2, 0.25) is 5.82 Å². The molecule has 0 aromatic carbocycles. The van der Waals surface area contributed by atoms with Crippen LogP contribution >= 0.6 is 0 Å². The van der Waals surface area contributed by atoms with E-state index >= 15 is 0 Å². The topological polar surface area (TPSA) is 68.9 Å². The molecule has 0 atom stereocenters. The Hall–Kier alpha value is -1.89. The van der Waals surface area contributed by atoms with Crippen molar-refractivity contribution in [3.05, 3.63) is 23.8 Å². The van der Waals surface area contributed by atoms with E-state index in [-0.39, 0.29) is 0 Å². The molecule has 0 spiro atoms. The van der Waals surface area contributed by atoms with Gasteiger partial charge in [-0.3, -0.25) is 4.79 Å². The molecule has 2 N–H and O–H groups in total. The molecule has 0 aliphatic heterocycles. The predicted molar refractivity (Wildman–Crippen MR) is 65.5 cm³/mol. The third kappa shape index (κ3) is 8.70. The Kier molecular flexibility index (Phi) is 11.6. The van der Waals surface area contributed by atoms with E-state index in [1.54, 1.807) is 12.3 Å². The number of carbonyl (C=O) groups is 1. The first-order chi connectivity index (χ1) is 7.68.